The number of esters is 1. The Morgan fingerprint density at radius 3 is 2.40 bits per heavy atom. The third-order valence-corrected chi connectivity index (χ3v) is 2.07. The highest BCUT2D eigenvalue weighted by Gasteiger charge is 1.98. The lowest BCUT2D eigenvalue weighted by Crippen LogP contribution is -2.08. The minimum Gasteiger partial charge on any atom is -0.457 e. The van der Waals surface area contributed by atoms with Crippen molar-refractivity contribution >= 4 is 5.97 Å². The van der Waals surface area contributed by atoms with Gasteiger partial charge in [-0.2, -0.15) is 0 Å². The molecular weight excluding hydrogens is 192 g/mol. The van der Waals surface area contributed by atoms with E-state index in [2.05, 4.69) is 6.92 Å². The van der Waals surface area contributed by atoms with E-state index in [1.807, 2.05) is 24.3 Å². The van der Waals surface area contributed by atoms with E-state index >= 15 is 0 Å². The van der Waals surface area contributed by atoms with Crippen LogP contribution in [0.2, 0.25) is 0 Å². The molecule has 0 saturated carbocycles. The van der Waals surface area contributed by atoms with Gasteiger partial charge in [-0.05, 0) is 24.1 Å². The van der Waals surface area contributed by atoms with Crippen molar-refractivity contribution in [1.29, 1.82) is 0 Å². The number of ether oxygens (including phenoxy) is 2. The van der Waals surface area contributed by atoms with Gasteiger partial charge in [0.2, 0.25) is 6.79 Å². The molecule has 1 aromatic carbocycles. The van der Waals surface area contributed by atoms with E-state index in [1.165, 1.54) is 5.56 Å². The highest BCUT2D eigenvalue weighted by molar-refractivity contribution is 5.68. The van der Waals surface area contributed by atoms with Crippen molar-refractivity contribution in [2.45, 2.75) is 26.7 Å². The Hall–Kier alpha value is -1.51. The molecular formula is C12H16O3. The highest BCUT2D eigenvalue weighted by atomic mass is 16.7. The second kappa shape index (κ2) is 6.06. The van der Waals surface area contributed by atoms with Gasteiger partial charge in [0.05, 0.1) is 0 Å². The van der Waals surface area contributed by atoms with Gasteiger partial charge in [-0.1, -0.05) is 26.0 Å². The number of hydrogen-bond acceptors (Lipinski definition) is 3. The number of rotatable bonds is 5. The summed E-state index contributed by atoms with van der Waals surface area (Å²) in [6, 6.07) is 7.74. The predicted molar refractivity (Wildman–Crippen MR) is 57.7 cm³/mol. The lowest BCUT2D eigenvalue weighted by molar-refractivity contribution is -0.149. The molecule has 3 heteroatoms. The molecule has 0 saturated heterocycles. The minimum absolute atomic E-state index is 0.0157. The van der Waals surface area contributed by atoms with Crippen molar-refractivity contribution in [1.82, 2.24) is 0 Å². The second-order valence-electron chi connectivity index (χ2n) is 3.13. The standard InChI is InChI=1S/C12H16O3/c1-3-10-5-7-11(8-6-10)14-9-15-12(13)4-2/h5-8H,3-4,9H2,1-2H3. The van der Waals surface area contributed by atoms with Crippen LogP contribution in [0, 0.1) is 0 Å². The second-order valence-corrected chi connectivity index (χ2v) is 3.13. The van der Waals surface area contributed by atoms with Crippen LogP contribution in [-0.4, -0.2) is 12.8 Å². The summed E-state index contributed by atoms with van der Waals surface area (Å²) >= 11 is 0. The van der Waals surface area contributed by atoms with E-state index in [1.54, 1.807) is 6.92 Å². The SMILES string of the molecule is CCC(=O)OCOc1ccc(CC)cc1. The smallest absolute Gasteiger partial charge is 0.308 e. The predicted octanol–water partition coefficient (Wildman–Crippen LogP) is 2.54. The molecule has 1 rings (SSSR count). The molecule has 0 amide bonds. The van der Waals surface area contributed by atoms with Crippen LogP contribution in [0.15, 0.2) is 24.3 Å². The largest absolute Gasteiger partial charge is 0.457 e. The Kier molecular flexibility index (Phi) is 4.68. The summed E-state index contributed by atoms with van der Waals surface area (Å²) < 4.78 is 10.0. The van der Waals surface area contributed by atoms with Gasteiger partial charge in [-0.3, -0.25) is 4.79 Å². The van der Waals surface area contributed by atoms with Crippen molar-refractivity contribution in [3.05, 3.63) is 29.8 Å². The molecule has 0 spiro atoms. The minimum atomic E-state index is -0.250. The summed E-state index contributed by atoms with van der Waals surface area (Å²) in [6.45, 7) is 3.83. The molecule has 0 unspecified atom stereocenters. The van der Waals surface area contributed by atoms with Gasteiger partial charge in [0.25, 0.3) is 0 Å². The molecule has 0 aromatic heterocycles. The molecule has 0 aliphatic heterocycles. The van der Waals surface area contributed by atoms with Gasteiger partial charge in [-0.25, -0.2) is 0 Å². The van der Waals surface area contributed by atoms with Crippen LogP contribution in [0.25, 0.3) is 0 Å². The topological polar surface area (TPSA) is 35.5 Å². The maximum atomic E-state index is 10.8. The maximum absolute atomic E-state index is 10.8. The maximum Gasteiger partial charge on any atom is 0.308 e. The Labute approximate surface area is 90.0 Å². The fourth-order valence-corrected chi connectivity index (χ4v) is 1.09. The van der Waals surface area contributed by atoms with Gasteiger partial charge in [-0.15, -0.1) is 0 Å². The van der Waals surface area contributed by atoms with Crippen LogP contribution < -0.4 is 4.74 Å². The molecule has 0 bridgehead atoms. The first-order valence-electron chi connectivity index (χ1n) is 5.13. The summed E-state index contributed by atoms with van der Waals surface area (Å²) in [5, 5.41) is 0. The van der Waals surface area contributed by atoms with Crippen LogP contribution in [0.5, 0.6) is 5.75 Å². The van der Waals surface area contributed by atoms with Gasteiger partial charge in [0.1, 0.15) is 5.75 Å². The molecule has 15 heavy (non-hydrogen) atoms. The average molecular weight is 208 g/mol. The first-order valence-corrected chi connectivity index (χ1v) is 5.13. The Bertz CT molecular complexity index is 303. The van der Waals surface area contributed by atoms with Crippen molar-refractivity contribution in [3.63, 3.8) is 0 Å². The molecule has 0 aliphatic rings. The molecule has 1 aromatic rings. The fourth-order valence-electron chi connectivity index (χ4n) is 1.09. The average Bonchev–Trinajstić information content (AvgIpc) is 2.29. The van der Waals surface area contributed by atoms with E-state index in [0.29, 0.717) is 6.42 Å². The normalized spacial score (nSPS) is 9.73. The van der Waals surface area contributed by atoms with Gasteiger partial charge >= 0.3 is 5.97 Å². The highest BCUT2D eigenvalue weighted by Crippen LogP contribution is 2.12. The van der Waals surface area contributed by atoms with Crippen molar-refractivity contribution in [2.24, 2.45) is 0 Å². The third kappa shape index (κ3) is 4.02. The molecule has 0 atom stereocenters. The van der Waals surface area contributed by atoms with Crippen molar-refractivity contribution in [3.8, 4) is 5.75 Å². The lowest BCUT2D eigenvalue weighted by atomic mass is 10.2. The van der Waals surface area contributed by atoms with E-state index in [0.717, 1.165) is 12.2 Å². The van der Waals surface area contributed by atoms with Crippen molar-refractivity contribution < 1.29 is 14.3 Å². The zero-order valence-electron chi connectivity index (χ0n) is 9.16. The van der Waals surface area contributed by atoms with Crippen molar-refractivity contribution in [2.75, 3.05) is 6.79 Å². The molecule has 0 aliphatic carbocycles. The summed E-state index contributed by atoms with van der Waals surface area (Å²) in [5.74, 6) is 0.469. The summed E-state index contributed by atoms with van der Waals surface area (Å²) in [6.07, 6.45) is 1.38. The number of carbonyl (C=O) groups excluding carboxylic acids is 1. The summed E-state index contributed by atoms with van der Waals surface area (Å²) in [7, 11) is 0. The van der Waals surface area contributed by atoms with Gasteiger partial charge < -0.3 is 9.47 Å². The number of carbonyl (C=O) groups is 1. The van der Waals surface area contributed by atoms with Crippen LogP contribution in [0.1, 0.15) is 25.8 Å². The van der Waals surface area contributed by atoms with E-state index in [-0.39, 0.29) is 12.8 Å². The fraction of sp³-hybridized carbons (Fsp3) is 0.417. The molecule has 82 valence electrons. The zero-order chi connectivity index (χ0) is 11.1. The Morgan fingerprint density at radius 1 is 1.20 bits per heavy atom. The van der Waals surface area contributed by atoms with Gasteiger partial charge in [0.15, 0.2) is 0 Å². The molecule has 0 heterocycles. The van der Waals surface area contributed by atoms with E-state index in [4.69, 9.17) is 9.47 Å². The molecule has 3 nitrogen and oxygen atoms in total. The first-order chi connectivity index (χ1) is 7.26. The van der Waals surface area contributed by atoms with Crippen LogP contribution in [0.3, 0.4) is 0 Å². The number of hydrogen-bond donors (Lipinski definition) is 0. The molecule has 0 radical (unpaired) electrons. The number of aryl methyl sites for hydroxylation is 1. The Morgan fingerprint density at radius 2 is 1.87 bits per heavy atom. The first kappa shape index (κ1) is 11.6. The van der Waals surface area contributed by atoms with Crippen LogP contribution in [-0.2, 0) is 16.0 Å². The van der Waals surface area contributed by atoms with Gasteiger partial charge in [0, 0.05) is 6.42 Å². The zero-order valence-corrected chi connectivity index (χ0v) is 9.16. The number of benzene rings is 1. The third-order valence-electron chi connectivity index (χ3n) is 2.07. The van der Waals surface area contributed by atoms with E-state index < -0.39 is 0 Å². The lowest BCUT2D eigenvalue weighted by Gasteiger charge is -2.06. The Balaban J connectivity index is 2.34. The van der Waals surface area contributed by atoms with Crippen LogP contribution >= 0.6 is 0 Å². The van der Waals surface area contributed by atoms with Crippen LogP contribution in [0.4, 0.5) is 0 Å². The summed E-state index contributed by atoms with van der Waals surface area (Å²) in [5.41, 5.74) is 1.26. The molecule has 0 fully saturated rings. The monoisotopic (exact) mass is 208 g/mol. The summed E-state index contributed by atoms with van der Waals surface area (Å²) in [4.78, 5) is 10.8. The molecule has 0 N–H and O–H groups in total. The quantitative estimate of drug-likeness (QED) is 0.551. The van der Waals surface area contributed by atoms with E-state index in [9.17, 15) is 4.79 Å².